The molecule has 0 aliphatic heterocycles. The highest BCUT2D eigenvalue weighted by Crippen LogP contribution is 2.44. The van der Waals surface area contributed by atoms with Crippen molar-refractivity contribution in [2.75, 3.05) is 0 Å². The lowest BCUT2D eigenvalue weighted by Gasteiger charge is -2.13. The molecule has 0 saturated heterocycles. The Morgan fingerprint density at radius 3 is 1.84 bits per heavy atom. The summed E-state index contributed by atoms with van der Waals surface area (Å²) in [5.74, 6) is 0.664. The van der Waals surface area contributed by atoms with E-state index in [2.05, 4.69) is 203 Å². The number of para-hydroxylation sites is 3. The minimum absolute atomic E-state index is 0.664. The van der Waals surface area contributed by atoms with Crippen LogP contribution in [0.1, 0.15) is 0 Å². The summed E-state index contributed by atoms with van der Waals surface area (Å²) in [5.41, 5.74) is 13.4. The zero-order valence-electron chi connectivity index (χ0n) is 30.3. The Hall–Kier alpha value is -7.56. The van der Waals surface area contributed by atoms with Gasteiger partial charge in [-0.25, -0.2) is 9.97 Å². The topological polar surface area (TPSA) is 35.6 Å². The fourth-order valence-corrected chi connectivity index (χ4v) is 8.98. The van der Waals surface area contributed by atoms with Gasteiger partial charge in [-0.15, -0.1) is 0 Å². The molecule has 9 aromatic carbocycles. The first-order valence-corrected chi connectivity index (χ1v) is 19.1. The largest absolute Gasteiger partial charge is 0.309 e. The highest BCUT2D eigenvalue weighted by atomic mass is 15.2. The summed E-state index contributed by atoms with van der Waals surface area (Å²) in [6.45, 7) is 0. The summed E-state index contributed by atoms with van der Waals surface area (Å²) < 4.78 is 4.65. The number of benzene rings is 9. The van der Waals surface area contributed by atoms with E-state index in [1.54, 1.807) is 0 Å². The normalized spacial score (nSPS) is 11.9. The predicted molar refractivity (Wildman–Crippen MR) is 233 cm³/mol. The summed E-state index contributed by atoms with van der Waals surface area (Å²) in [7, 11) is 0. The van der Waals surface area contributed by atoms with Crippen LogP contribution in [0.15, 0.2) is 194 Å². The first-order valence-electron chi connectivity index (χ1n) is 19.1. The number of nitrogens with zero attached hydrogens (tertiary/aromatic N) is 4. The van der Waals surface area contributed by atoms with Gasteiger partial charge in [-0.2, -0.15) is 0 Å². The molecule has 0 amide bonds. The van der Waals surface area contributed by atoms with E-state index in [1.807, 2.05) is 0 Å². The van der Waals surface area contributed by atoms with Crippen molar-refractivity contribution < 1.29 is 0 Å². The zero-order valence-corrected chi connectivity index (χ0v) is 30.3. The third-order valence-corrected chi connectivity index (χ3v) is 11.5. The van der Waals surface area contributed by atoms with Crippen LogP contribution in [0, 0.1) is 0 Å². The second-order valence-corrected chi connectivity index (χ2v) is 14.6. The van der Waals surface area contributed by atoms with E-state index in [0.717, 1.165) is 38.9 Å². The Morgan fingerprint density at radius 1 is 0.339 bits per heavy atom. The van der Waals surface area contributed by atoms with E-state index < -0.39 is 0 Å². The average molecular weight is 713 g/mol. The maximum atomic E-state index is 5.40. The van der Waals surface area contributed by atoms with E-state index >= 15 is 0 Å². The summed E-state index contributed by atoms with van der Waals surface area (Å²) in [6.07, 6.45) is 0. The molecule has 12 aromatic rings. The Morgan fingerprint density at radius 2 is 0.982 bits per heavy atom. The first-order chi connectivity index (χ1) is 27.8. The predicted octanol–water partition coefficient (Wildman–Crippen LogP) is 13.4. The standard InChI is InChI=1S/C52H32N4/c1-3-12-33(13-4-1)34-22-24-36(25-23-34)51-43-18-7-9-19-44(43)53-52(54-51)56-46-21-11-14-35-26-29-42-39(30-31-47(56)50(42)49(35)46)37-27-28-41-40-17-8-10-20-45(40)55(48(41)32-37)38-15-5-2-6-16-38/h1-32H. The molecule has 0 N–H and O–H groups in total. The molecule has 4 heteroatoms. The van der Waals surface area contributed by atoms with Gasteiger partial charge in [0.25, 0.3) is 0 Å². The van der Waals surface area contributed by atoms with E-state index in [9.17, 15) is 0 Å². The van der Waals surface area contributed by atoms with Crippen LogP contribution in [-0.2, 0) is 0 Å². The minimum atomic E-state index is 0.664. The van der Waals surface area contributed by atoms with Crippen molar-refractivity contribution in [1.29, 1.82) is 0 Å². The van der Waals surface area contributed by atoms with Crippen LogP contribution >= 0.6 is 0 Å². The van der Waals surface area contributed by atoms with Crippen molar-refractivity contribution in [3.05, 3.63) is 194 Å². The van der Waals surface area contributed by atoms with E-state index in [1.165, 1.54) is 65.6 Å². The molecular formula is C52H32N4. The number of aromatic nitrogens is 4. The molecule has 260 valence electrons. The van der Waals surface area contributed by atoms with Crippen molar-refractivity contribution in [1.82, 2.24) is 19.1 Å². The first kappa shape index (κ1) is 30.9. The van der Waals surface area contributed by atoms with Gasteiger partial charge >= 0.3 is 0 Å². The lowest BCUT2D eigenvalue weighted by atomic mass is 9.94. The number of rotatable bonds is 5. The lowest BCUT2D eigenvalue weighted by Crippen LogP contribution is -2.03. The Kier molecular flexibility index (Phi) is 6.60. The molecule has 0 bridgehead atoms. The van der Waals surface area contributed by atoms with Crippen LogP contribution in [0.3, 0.4) is 0 Å². The van der Waals surface area contributed by atoms with Crippen LogP contribution in [0.5, 0.6) is 0 Å². The fraction of sp³-hybridized carbons (Fsp3) is 0. The maximum absolute atomic E-state index is 5.40. The van der Waals surface area contributed by atoms with Crippen LogP contribution in [-0.4, -0.2) is 19.1 Å². The summed E-state index contributed by atoms with van der Waals surface area (Å²) >= 11 is 0. The SMILES string of the molecule is c1ccc(-c2ccc(-c3nc(-n4c5cccc6ccc7c(-c8ccc9c%10ccccc%10n(-c%10ccccc%10)c9c8)ccc4c7c65)nc4ccccc34)cc2)cc1. The molecule has 0 radical (unpaired) electrons. The Balaban J connectivity index is 1.07. The molecule has 0 spiro atoms. The van der Waals surface area contributed by atoms with E-state index in [0.29, 0.717) is 5.95 Å². The van der Waals surface area contributed by atoms with Gasteiger partial charge in [0.05, 0.1) is 33.3 Å². The van der Waals surface area contributed by atoms with E-state index in [-0.39, 0.29) is 0 Å². The maximum Gasteiger partial charge on any atom is 0.235 e. The van der Waals surface area contributed by atoms with Gasteiger partial charge in [0.2, 0.25) is 5.95 Å². The van der Waals surface area contributed by atoms with Gasteiger partial charge in [-0.3, -0.25) is 4.57 Å². The van der Waals surface area contributed by atoms with Crippen LogP contribution in [0.25, 0.3) is 110 Å². The fourth-order valence-electron chi connectivity index (χ4n) is 8.98. The molecule has 0 unspecified atom stereocenters. The van der Waals surface area contributed by atoms with Gasteiger partial charge in [-0.05, 0) is 75.5 Å². The van der Waals surface area contributed by atoms with Crippen molar-refractivity contribution >= 4 is 65.3 Å². The van der Waals surface area contributed by atoms with Gasteiger partial charge < -0.3 is 4.57 Å². The highest BCUT2D eigenvalue weighted by molar-refractivity contribution is 6.26. The second kappa shape index (κ2) is 12.0. The average Bonchev–Trinajstić information content (AvgIpc) is 3.79. The van der Waals surface area contributed by atoms with Gasteiger partial charge in [0, 0.05) is 38.2 Å². The van der Waals surface area contributed by atoms with Crippen LogP contribution in [0.4, 0.5) is 0 Å². The van der Waals surface area contributed by atoms with Crippen LogP contribution < -0.4 is 0 Å². The minimum Gasteiger partial charge on any atom is -0.309 e. The molecular weight excluding hydrogens is 681 g/mol. The van der Waals surface area contributed by atoms with Crippen molar-refractivity contribution in [3.8, 4) is 45.1 Å². The third kappa shape index (κ3) is 4.53. The molecule has 4 nitrogen and oxygen atoms in total. The molecule has 0 aliphatic carbocycles. The quantitative estimate of drug-likeness (QED) is 0.167. The van der Waals surface area contributed by atoms with Gasteiger partial charge in [0.15, 0.2) is 0 Å². The molecule has 56 heavy (non-hydrogen) atoms. The van der Waals surface area contributed by atoms with Gasteiger partial charge in [-0.1, -0.05) is 152 Å². The summed E-state index contributed by atoms with van der Waals surface area (Å²) in [5, 5.41) is 8.40. The Bertz CT molecular complexity index is 3450. The monoisotopic (exact) mass is 712 g/mol. The lowest BCUT2D eigenvalue weighted by molar-refractivity contribution is 1.01. The second-order valence-electron chi connectivity index (χ2n) is 14.6. The third-order valence-electron chi connectivity index (χ3n) is 11.5. The molecule has 12 rings (SSSR count). The van der Waals surface area contributed by atoms with Crippen LogP contribution in [0.2, 0.25) is 0 Å². The molecule has 3 heterocycles. The smallest absolute Gasteiger partial charge is 0.235 e. The molecule has 0 saturated carbocycles. The summed E-state index contributed by atoms with van der Waals surface area (Å²) in [6, 6.07) is 69.6. The van der Waals surface area contributed by atoms with Crippen molar-refractivity contribution in [2.24, 2.45) is 0 Å². The van der Waals surface area contributed by atoms with E-state index in [4.69, 9.17) is 9.97 Å². The van der Waals surface area contributed by atoms with Crippen molar-refractivity contribution in [2.45, 2.75) is 0 Å². The van der Waals surface area contributed by atoms with Gasteiger partial charge in [0.1, 0.15) is 0 Å². The molecule has 0 fully saturated rings. The number of hydrogen-bond donors (Lipinski definition) is 0. The number of fused-ring (bicyclic) bond motifs is 4. The Labute approximate surface area is 322 Å². The zero-order chi connectivity index (χ0) is 36.7. The highest BCUT2D eigenvalue weighted by Gasteiger charge is 2.22. The molecule has 0 aliphatic rings. The molecule has 3 aromatic heterocycles. The number of hydrogen-bond acceptors (Lipinski definition) is 2. The summed E-state index contributed by atoms with van der Waals surface area (Å²) in [4.78, 5) is 10.7. The molecule has 0 atom stereocenters. The van der Waals surface area contributed by atoms with Crippen molar-refractivity contribution in [3.63, 3.8) is 0 Å².